The van der Waals surface area contributed by atoms with Gasteiger partial charge in [0.25, 0.3) is 0 Å². The first kappa shape index (κ1) is 26.4. The maximum Gasteiger partial charge on any atom is 0.416 e. The number of nitrogens with one attached hydrogen (secondary N) is 2. The van der Waals surface area contributed by atoms with Crippen LogP contribution >= 0.6 is 22.6 Å². The molecule has 2 amide bonds. The Kier molecular flexibility index (Phi) is 9.50. The molecule has 0 saturated heterocycles. The van der Waals surface area contributed by atoms with Crippen LogP contribution in [0.3, 0.4) is 0 Å². The van der Waals surface area contributed by atoms with Gasteiger partial charge in [0.05, 0.1) is 28.6 Å². The van der Waals surface area contributed by atoms with Crippen molar-refractivity contribution in [2.24, 2.45) is 5.10 Å². The van der Waals surface area contributed by atoms with E-state index < -0.39 is 23.6 Å². The van der Waals surface area contributed by atoms with Crippen molar-refractivity contribution in [2.75, 3.05) is 12.4 Å². The third-order valence-corrected chi connectivity index (χ3v) is 4.86. The molecule has 0 aromatic heterocycles. The van der Waals surface area contributed by atoms with E-state index in [0.29, 0.717) is 17.1 Å². The van der Waals surface area contributed by atoms with E-state index in [1.54, 1.807) is 12.1 Å². The summed E-state index contributed by atoms with van der Waals surface area (Å²) in [7, 11) is 1.52. The molecule has 2 aromatic rings. The summed E-state index contributed by atoms with van der Waals surface area (Å²) >= 11 is 2.11. The van der Waals surface area contributed by atoms with Crippen LogP contribution in [0, 0.1) is 3.57 Å². The van der Waals surface area contributed by atoms with Crippen LogP contribution < -0.4 is 20.2 Å². The lowest BCUT2D eigenvalue weighted by Crippen LogP contribution is -2.20. The second-order valence-corrected chi connectivity index (χ2v) is 8.28. The molecular formula is C22H23F3IN3O4. The summed E-state index contributed by atoms with van der Waals surface area (Å²) in [5, 5.41) is 6.21. The van der Waals surface area contributed by atoms with Crippen LogP contribution in [0.5, 0.6) is 11.5 Å². The number of hydrogen-bond donors (Lipinski definition) is 2. The number of nitrogens with zero attached hydrogens (tertiary/aromatic N) is 1. The fraction of sp³-hybridized carbons (Fsp3) is 0.318. The monoisotopic (exact) mass is 577 g/mol. The maximum absolute atomic E-state index is 12.7. The number of hydrazone groups is 1. The fourth-order valence-corrected chi connectivity index (χ4v) is 3.38. The van der Waals surface area contributed by atoms with Gasteiger partial charge in [0.2, 0.25) is 11.8 Å². The molecular weight excluding hydrogens is 554 g/mol. The molecule has 0 aliphatic rings. The zero-order valence-corrected chi connectivity index (χ0v) is 20.3. The fourth-order valence-electron chi connectivity index (χ4n) is 2.62. The number of halogens is 4. The zero-order chi connectivity index (χ0) is 24.6. The van der Waals surface area contributed by atoms with Crippen molar-refractivity contribution in [2.45, 2.75) is 39.0 Å². The van der Waals surface area contributed by atoms with Crippen molar-refractivity contribution in [3.8, 4) is 11.5 Å². The molecule has 0 saturated carbocycles. The van der Waals surface area contributed by atoms with E-state index >= 15 is 0 Å². The Morgan fingerprint density at radius 3 is 2.48 bits per heavy atom. The maximum atomic E-state index is 12.7. The number of methoxy groups -OCH3 is 1. The Morgan fingerprint density at radius 2 is 1.85 bits per heavy atom. The second kappa shape index (κ2) is 11.9. The number of anilines is 1. The van der Waals surface area contributed by atoms with Gasteiger partial charge >= 0.3 is 6.18 Å². The predicted molar refractivity (Wildman–Crippen MR) is 127 cm³/mol. The van der Waals surface area contributed by atoms with Crippen LogP contribution in [0.4, 0.5) is 18.9 Å². The standard InChI is InChI=1S/C22H23F3IN3O4/c1-13(2)33-21-17(26)9-14(10-18(21)32-3)12-27-29-20(31)8-7-19(30)28-16-6-4-5-15(11-16)22(23,24)25/h4-6,9-13H,7-8H2,1-3H3,(H,28,30)(H,29,31). The quantitative estimate of drug-likeness (QED) is 0.250. The third kappa shape index (κ3) is 8.56. The van der Waals surface area contributed by atoms with E-state index in [2.05, 4.69) is 38.4 Å². The number of hydrogen-bond acceptors (Lipinski definition) is 5. The highest BCUT2D eigenvalue weighted by Crippen LogP contribution is 2.34. The van der Waals surface area contributed by atoms with E-state index in [1.807, 2.05) is 13.8 Å². The summed E-state index contributed by atoms with van der Waals surface area (Å²) in [6, 6.07) is 7.77. The minimum absolute atomic E-state index is 0.00157. The molecule has 0 heterocycles. The van der Waals surface area contributed by atoms with Crippen molar-refractivity contribution in [3.63, 3.8) is 0 Å². The highest BCUT2D eigenvalue weighted by molar-refractivity contribution is 14.1. The first-order valence-corrected chi connectivity index (χ1v) is 10.9. The van der Waals surface area contributed by atoms with Crippen molar-refractivity contribution in [1.82, 2.24) is 5.43 Å². The summed E-state index contributed by atoms with van der Waals surface area (Å²) in [4.78, 5) is 23.9. The lowest BCUT2D eigenvalue weighted by atomic mass is 10.2. The molecule has 0 atom stereocenters. The SMILES string of the molecule is COc1cc(C=NNC(=O)CCC(=O)Nc2cccc(C(F)(F)F)c2)cc(I)c1OC(C)C. The molecule has 2 rings (SSSR count). The van der Waals surface area contributed by atoms with Crippen molar-refractivity contribution < 1.29 is 32.2 Å². The van der Waals surface area contributed by atoms with Crippen LogP contribution in [0.1, 0.15) is 37.8 Å². The van der Waals surface area contributed by atoms with Crippen molar-refractivity contribution in [3.05, 3.63) is 51.1 Å². The van der Waals surface area contributed by atoms with Gasteiger partial charge in [0, 0.05) is 18.5 Å². The van der Waals surface area contributed by atoms with Crippen LogP contribution in [0.2, 0.25) is 0 Å². The Balaban J connectivity index is 1.88. The smallest absolute Gasteiger partial charge is 0.416 e. The number of amides is 2. The summed E-state index contributed by atoms with van der Waals surface area (Å²) in [5.74, 6) is 0.0241. The highest BCUT2D eigenvalue weighted by atomic mass is 127. The number of carbonyl (C=O) groups excluding carboxylic acids is 2. The highest BCUT2D eigenvalue weighted by Gasteiger charge is 2.30. The lowest BCUT2D eigenvalue weighted by molar-refractivity contribution is -0.137. The first-order chi connectivity index (χ1) is 15.5. The molecule has 0 unspecified atom stereocenters. The van der Waals surface area contributed by atoms with Gasteiger partial charge in [-0.25, -0.2) is 5.43 Å². The van der Waals surface area contributed by atoms with E-state index in [9.17, 15) is 22.8 Å². The molecule has 0 aliphatic heterocycles. The van der Waals surface area contributed by atoms with E-state index in [-0.39, 0.29) is 24.6 Å². The Hall–Kier alpha value is -2.83. The number of carbonyl (C=O) groups is 2. The molecule has 0 spiro atoms. The third-order valence-electron chi connectivity index (χ3n) is 4.06. The summed E-state index contributed by atoms with van der Waals surface area (Å²) in [5.41, 5.74) is 2.10. The van der Waals surface area contributed by atoms with Crippen molar-refractivity contribution >= 4 is 46.3 Å². The average molecular weight is 577 g/mol. The number of benzene rings is 2. The van der Waals surface area contributed by atoms with E-state index in [4.69, 9.17) is 9.47 Å². The molecule has 0 fully saturated rings. The molecule has 2 N–H and O–H groups in total. The van der Waals surface area contributed by atoms with Gasteiger partial charge in [0.15, 0.2) is 11.5 Å². The van der Waals surface area contributed by atoms with Gasteiger partial charge in [0.1, 0.15) is 0 Å². The molecule has 11 heteroatoms. The molecule has 0 aliphatic carbocycles. The number of alkyl halides is 3. The molecule has 0 bridgehead atoms. The molecule has 2 aromatic carbocycles. The number of ether oxygens (including phenoxy) is 2. The zero-order valence-electron chi connectivity index (χ0n) is 18.1. The van der Waals surface area contributed by atoms with E-state index in [0.717, 1.165) is 15.7 Å². The Bertz CT molecular complexity index is 1030. The van der Waals surface area contributed by atoms with Gasteiger partial charge in [-0.1, -0.05) is 6.07 Å². The first-order valence-electron chi connectivity index (χ1n) is 9.82. The molecule has 178 valence electrons. The van der Waals surface area contributed by atoms with Crippen LogP contribution in [-0.4, -0.2) is 31.2 Å². The molecule has 7 nitrogen and oxygen atoms in total. The van der Waals surface area contributed by atoms with Crippen LogP contribution in [0.15, 0.2) is 41.5 Å². The minimum Gasteiger partial charge on any atom is -0.493 e. The van der Waals surface area contributed by atoms with Crippen LogP contribution in [-0.2, 0) is 15.8 Å². The summed E-state index contributed by atoms with van der Waals surface area (Å²) < 4.78 is 50.1. The van der Waals surface area contributed by atoms with Gasteiger partial charge in [-0.2, -0.15) is 18.3 Å². The number of rotatable bonds is 9. The van der Waals surface area contributed by atoms with Gasteiger partial charge < -0.3 is 14.8 Å². The van der Waals surface area contributed by atoms with Gasteiger partial charge in [-0.05, 0) is 72.3 Å². The molecule has 33 heavy (non-hydrogen) atoms. The average Bonchev–Trinajstić information content (AvgIpc) is 2.73. The topological polar surface area (TPSA) is 89.0 Å². The normalized spacial score (nSPS) is 11.5. The molecule has 0 radical (unpaired) electrons. The lowest BCUT2D eigenvalue weighted by Gasteiger charge is -2.15. The Labute approximate surface area is 202 Å². The van der Waals surface area contributed by atoms with Gasteiger partial charge in [-0.15, -0.1) is 0 Å². The predicted octanol–water partition coefficient (Wildman–Crippen LogP) is 4.97. The van der Waals surface area contributed by atoms with Crippen LogP contribution in [0.25, 0.3) is 0 Å². The summed E-state index contributed by atoms with van der Waals surface area (Å²) in [6.45, 7) is 3.81. The second-order valence-electron chi connectivity index (χ2n) is 7.12. The van der Waals surface area contributed by atoms with E-state index in [1.165, 1.54) is 25.5 Å². The largest absolute Gasteiger partial charge is 0.493 e. The van der Waals surface area contributed by atoms with Crippen molar-refractivity contribution in [1.29, 1.82) is 0 Å². The summed E-state index contributed by atoms with van der Waals surface area (Å²) in [6.07, 6.45) is -3.53. The minimum atomic E-state index is -4.51. The van der Waals surface area contributed by atoms with Gasteiger partial charge in [-0.3, -0.25) is 9.59 Å². The Morgan fingerprint density at radius 1 is 1.15 bits per heavy atom.